The van der Waals surface area contributed by atoms with Crippen LogP contribution in [0.5, 0.6) is 0 Å². The normalized spacial score (nSPS) is 16.7. The Morgan fingerprint density at radius 1 is 1.23 bits per heavy atom. The van der Waals surface area contributed by atoms with Crippen molar-refractivity contribution in [2.24, 2.45) is 5.92 Å². The maximum Gasteiger partial charge on any atom is 0.225 e. The molecule has 1 fully saturated rings. The number of rotatable bonds is 4. The topological polar surface area (TPSA) is 58.1 Å². The van der Waals surface area contributed by atoms with E-state index in [0.29, 0.717) is 24.0 Å². The van der Waals surface area contributed by atoms with Gasteiger partial charge in [-0.3, -0.25) is 4.79 Å². The van der Waals surface area contributed by atoms with Crippen LogP contribution in [-0.4, -0.2) is 29.0 Å². The minimum atomic E-state index is -0.264. The van der Waals surface area contributed by atoms with Gasteiger partial charge < -0.3 is 10.2 Å². The van der Waals surface area contributed by atoms with Crippen molar-refractivity contribution >= 4 is 43.4 Å². The Morgan fingerprint density at radius 2 is 2.06 bits per heavy atom. The van der Waals surface area contributed by atoms with Gasteiger partial charge in [-0.05, 0) is 37.5 Å². The number of nitrogens with zero attached hydrogens (tertiary/aromatic N) is 3. The molecule has 1 amide bonds. The lowest BCUT2D eigenvalue weighted by molar-refractivity contribution is -0.125. The van der Waals surface area contributed by atoms with Crippen LogP contribution in [0.2, 0.25) is 0 Å². The SMILES string of the molecule is Cc1ccc(CNC(=O)[C@H]2CCCN(c3ncnc4c3sc3cccc(F)c34)C2)cc1. The number of carbonyl (C=O) groups excluding carboxylic acids is 1. The molecule has 0 unspecified atom stereocenters. The lowest BCUT2D eigenvalue weighted by Gasteiger charge is -2.33. The number of aryl methyl sites for hydroxylation is 1. The van der Waals surface area contributed by atoms with E-state index in [1.807, 2.05) is 25.1 Å². The van der Waals surface area contributed by atoms with E-state index in [4.69, 9.17) is 0 Å². The van der Waals surface area contributed by atoms with Crippen LogP contribution < -0.4 is 10.2 Å². The number of carbonyl (C=O) groups is 1. The molecule has 1 aliphatic rings. The first-order chi connectivity index (χ1) is 15.1. The highest BCUT2D eigenvalue weighted by molar-refractivity contribution is 7.26. The molecule has 0 saturated carbocycles. The molecule has 0 radical (unpaired) electrons. The van der Waals surface area contributed by atoms with Crippen molar-refractivity contribution in [1.82, 2.24) is 15.3 Å². The Kier molecular flexibility index (Phi) is 5.28. The van der Waals surface area contributed by atoms with Crippen molar-refractivity contribution in [3.63, 3.8) is 0 Å². The Balaban J connectivity index is 1.36. The number of piperidine rings is 1. The molecule has 3 heterocycles. The van der Waals surface area contributed by atoms with Gasteiger partial charge in [0.2, 0.25) is 5.91 Å². The average Bonchev–Trinajstić information content (AvgIpc) is 3.18. The maximum absolute atomic E-state index is 14.4. The number of benzene rings is 2. The molecule has 0 bridgehead atoms. The predicted molar refractivity (Wildman–Crippen MR) is 123 cm³/mol. The maximum atomic E-state index is 14.4. The third-order valence-electron chi connectivity index (χ3n) is 5.89. The highest BCUT2D eigenvalue weighted by Gasteiger charge is 2.28. The van der Waals surface area contributed by atoms with Crippen LogP contribution in [0.4, 0.5) is 10.2 Å². The zero-order valence-corrected chi connectivity index (χ0v) is 18.1. The summed E-state index contributed by atoms with van der Waals surface area (Å²) < 4.78 is 16.2. The lowest BCUT2D eigenvalue weighted by atomic mass is 9.97. The van der Waals surface area contributed by atoms with E-state index in [2.05, 4.69) is 32.3 Å². The second kappa shape index (κ2) is 8.23. The largest absolute Gasteiger partial charge is 0.355 e. The summed E-state index contributed by atoms with van der Waals surface area (Å²) in [6, 6.07) is 13.3. The summed E-state index contributed by atoms with van der Waals surface area (Å²) in [7, 11) is 0. The van der Waals surface area contributed by atoms with E-state index in [0.717, 1.165) is 40.2 Å². The first kappa shape index (κ1) is 19.9. The highest BCUT2D eigenvalue weighted by atomic mass is 32.1. The van der Waals surface area contributed by atoms with E-state index in [1.54, 1.807) is 6.07 Å². The van der Waals surface area contributed by atoms with E-state index >= 15 is 0 Å². The fraction of sp³-hybridized carbons (Fsp3) is 0.292. The molecule has 1 aliphatic heterocycles. The van der Waals surface area contributed by atoms with Gasteiger partial charge in [-0.15, -0.1) is 11.3 Å². The molecule has 1 N–H and O–H groups in total. The van der Waals surface area contributed by atoms with Gasteiger partial charge in [0, 0.05) is 24.3 Å². The summed E-state index contributed by atoms with van der Waals surface area (Å²) >= 11 is 1.51. The standard InChI is InChI=1S/C24H23FN4OS/c1-15-7-9-16(10-8-15)12-26-24(30)17-4-3-11-29(13-17)23-22-21(27-14-28-23)20-18(25)5-2-6-19(20)31-22/h2,5-10,14,17H,3-4,11-13H2,1H3,(H,26,30)/t17-/m0/s1. The summed E-state index contributed by atoms with van der Waals surface area (Å²) in [5.74, 6) is 0.496. The van der Waals surface area contributed by atoms with Crippen LogP contribution in [0.25, 0.3) is 20.3 Å². The van der Waals surface area contributed by atoms with Crippen LogP contribution in [0, 0.1) is 18.7 Å². The number of hydrogen-bond acceptors (Lipinski definition) is 5. The number of thiophene rings is 1. The van der Waals surface area contributed by atoms with Gasteiger partial charge in [-0.1, -0.05) is 35.9 Å². The summed E-state index contributed by atoms with van der Waals surface area (Å²) in [4.78, 5) is 23.9. The van der Waals surface area contributed by atoms with Gasteiger partial charge in [-0.2, -0.15) is 0 Å². The number of anilines is 1. The van der Waals surface area contributed by atoms with E-state index in [1.165, 1.54) is 29.3 Å². The van der Waals surface area contributed by atoms with Gasteiger partial charge in [-0.25, -0.2) is 14.4 Å². The fourth-order valence-electron chi connectivity index (χ4n) is 4.21. The molecule has 158 valence electrons. The number of hydrogen-bond donors (Lipinski definition) is 1. The van der Waals surface area contributed by atoms with Gasteiger partial charge >= 0.3 is 0 Å². The van der Waals surface area contributed by atoms with Crippen molar-refractivity contribution in [1.29, 1.82) is 0 Å². The Hall–Kier alpha value is -3.06. The zero-order valence-electron chi connectivity index (χ0n) is 17.3. The second-order valence-corrected chi connectivity index (χ2v) is 9.13. The third kappa shape index (κ3) is 3.85. The zero-order chi connectivity index (χ0) is 21.4. The second-order valence-electron chi connectivity index (χ2n) is 8.08. The molecule has 2 aromatic heterocycles. The molecular weight excluding hydrogens is 411 g/mol. The molecule has 1 saturated heterocycles. The first-order valence-corrected chi connectivity index (χ1v) is 11.3. The van der Waals surface area contributed by atoms with Crippen LogP contribution in [0.1, 0.15) is 24.0 Å². The smallest absolute Gasteiger partial charge is 0.225 e. The molecule has 7 heteroatoms. The van der Waals surface area contributed by atoms with Gasteiger partial charge in [0.15, 0.2) is 0 Å². The predicted octanol–water partition coefficient (Wildman–Crippen LogP) is 4.82. The highest BCUT2D eigenvalue weighted by Crippen LogP contribution is 2.39. The summed E-state index contributed by atoms with van der Waals surface area (Å²) in [6.07, 6.45) is 3.26. The molecule has 4 aromatic rings. The van der Waals surface area contributed by atoms with Crippen LogP contribution in [-0.2, 0) is 11.3 Å². The van der Waals surface area contributed by atoms with Crippen molar-refractivity contribution in [3.8, 4) is 0 Å². The Labute approximate surface area is 183 Å². The first-order valence-electron chi connectivity index (χ1n) is 10.5. The fourth-order valence-corrected chi connectivity index (χ4v) is 5.40. The van der Waals surface area contributed by atoms with Gasteiger partial charge in [0.05, 0.1) is 21.5 Å². The summed E-state index contributed by atoms with van der Waals surface area (Å²) in [6.45, 7) is 4.00. The number of fused-ring (bicyclic) bond motifs is 3. The molecule has 5 rings (SSSR count). The lowest BCUT2D eigenvalue weighted by Crippen LogP contribution is -2.43. The molecular formula is C24H23FN4OS. The van der Waals surface area contributed by atoms with Crippen molar-refractivity contribution in [3.05, 3.63) is 65.7 Å². The molecule has 1 atom stereocenters. The van der Waals surface area contributed by atoms with Crippen molar-refractivity contribution in [2.75, 3.05) is 18.0 Å². The van der Waals surface area contributed by atoms with Crippen LogP contribution in [0.15, 0.2) is 48.8 Å². The summed E-state index contributed by atoms with van der Waals surface area (Å²) in [5.41, 5.74) is 2.95. The quantitative estimate of drug-likeness (QED) is 0.500. The molecule has 0 aliphatic carbocycles. The summed E-state index contributed by atoms with van der Waals surface area (Å²) in [5, 5.41) is 3.63. The average molecular weight is 435 g/mol. The van der Waals surface area contributed by atoms with Crippen LogP contribution in [0.3, 0.4) is 0 Å². The van der Waals surface area contributed by atoms with E-state index < -0.39 is 0 Å². The third-order valence-corrected chi connectivity index (χ3v) is 7.03. The molecule has 2 aromatic carbocycles. The van der Waals surface area contributed by atoms with E-state index in [-0.39, 0.29) is 17.6 Å². The number of nitrogens with one attached hydrogen (secondary N) is 1. The minimum absolute atomic E-state index is 0.0676. The molecule has 5 nitrogen and oxygen atoms in total. The Morgan fingerprint density at radius 3 is 2.90 bits per heavy atom. The van der Waals surface area contributed by atoms with Gasteiger partial charge in [0.25, 0.3) is 0 Å². The van der Waals surface area contributed by atoms with Crippen LogP contribution >= 0.6 is 11.3 Å². The van der Waals surface area contributed by atoms with Crippen molar-refractivity contribution in [2.45, 2.75) is 26.3 Å². The number of amides is 1. The number of halogens is 1. The molecule has 0 spiro atoms. The monoisotopic (exact) mass is 434 g/mol. The van der Waals surface area contributed by atoms with Crippen molar-refractivity contribution < 1.29 is 9.18 Å². The molecule has 31 heavy (non-hydrogen) atoms. The van der Waals surface area contributed by atoms with E-state index in [9.17, 15) is 9.18 Å². The number of aromatic nitrogens is 2. The van der Waals surface area contributed by atoms with Gasteiger partial charge in [0.1, 0.15) is 18.0 Å². The minimum Gasteiger partial charge on any atom is -0.355 e. The Bertz CT molecular complexity index is 1250.